The van der Waals surface area contributed by atoms with Gasteiger partial charge in [-0.05, 0) is 35.4 Å². The van der Waals surface area contributed by atoms with Crippen molar-refractivity contribution < 1.29 is 38.0 Å². The predicted octanol–water partition coefficient (Wildman–Crippen LogP) is 3.73. The van der Waals surface area contributed by atoms with Crippen LogP contribution >= 0.6 is 0 Å². The molecular weight excluding hydrogens is 442 g/mol. The van der Waals surface area contributed by atoms with Crippen molar-refractivity contribution in [1.82, 2.24) is 4.90 Å². The van der Waals surface area contributed by atoms with E-state index in [0.29, 0.717) is 45.6 Å². The van der Waals surface area contributed by atoms with E-state index < -0.39 is 12.1 Å². The maximum Gasteiger partial charge on any atom is 0.220 e. The van der Waals surface area contributed by atoms with Crippen LogP contribution in [0.1, 0.15) is 43.0 Å². The van der Waals surface area contributed by atoms with Crippen LogP contribution in [0.15, 0.2) is 24.3 Å². The summed E-state index contributed by atoms with van der Waals surface area (Å²) in [5, 5.41) is 0. The van der Waals surface area contributed by atoms with Crippen molar-refractivity contribution in [3.63, 3.8) is 0 Å². The summed E-state index contributed by atoms with van der Waals surface area (Å²) in [6.45, 7) is 1.49. The van der Waals surface area contributed by atoms with Crippen LogP contribution in [-0.4, -0.2) is 59.2 Å². The van der Waals surface area contributed by atoms with E-state index in [-0.39, 0.29) is 24.5 Å². The van der Waals surface area contributed by atoms with Gasteiger partial charge in [0.2, 0.25) is 17.4 Å². The molecule has 34 heavy (non-hydrogen) atoms. The summed E-state index contributed by atoms with van der Waals surface area (Å²) in [5.74, 6) is 2.51. The maximum atomic E-state index is 13.0. The number of benzene rings is 2. The topological polar surface area (TPSA) is 92.8 Å². The minimum atomic E-state index is -0.531. The van der Waals surface area contributed by atoms with E-state index in [1.165, 1.54) is 49.6 Å². The molecule has 2 aromatic carbocycles. The van der Waals surface area contributed by atoms with Gasteiger partial charge in [0.15, 0.2) is 23.0 Å². The Labute approximate surface area is 199 Å². The predicted molar refractivity (Wildman–Crippen MR) is 124 cm³/mol. The first kappa shape index (κ1) is 25.0. The zero-order valence-electron chi connectivity index (χ0n) is 20.6. The summed E-state index contributed by atoms with van der Waals surface area (Å²) in [7, 11) is 9.13. The zero-order valence-corrected chi connectivity index (χ0v) is 20.6. The van der Waals surface area contributed by atoms with Gasteiger partial charge >= 0.3 is 0 Å². The molecule has 1 aliphatic rings. The number of rotatable bonds is 8. The molecule has 9 nitrogen and oxygen atoms in total. The van der Waals surface area contributed by atoms with E-state index in [2.05, 4.69) is 0 Å². The molecule has 0 aliphatic carbocycles. The number of Topliss-reactive ketones (excluding diaryl/α,β-unsaturated/α-hetero) is 1. The number of nitrogens with zero attached hydrogens (tertiary/aromatic N) is 1. The molecule has 0 saturated carbocycles. The van der Waals surface area contributed by atoms with Crippen molar-refractivity contribution >= 4 is 11.7 Å². The highest BCUT2D eigenvalue weighted by Gasteiger charge is 2.39. The van der Waals surface area contributed by atoms with Gasteiger partial charge < -0.3 is 33.3 Å². The standard InChI is InChI=1S/C25H31NO8/c1-14(27)26-18(15-8-20(29-2)24(33-6)21(9-15)30-3)12-17(28)13-19(26)16-10-22(31-4)25(34-7)23(11-16)32-5/h8-11,18-19H,12-13H2,1-7H3. The van der Waals surface area contributed by atoms with Crippen molar-refractivity contribution in [1.29, 1.82) is 0 Å². The molecule has 184 valence electrons. The zero-order chi connectivity index (χ0) is 25.0. The summed E-state index contributed by atoms with van der Waals surface area (Å²) in [6, 6.07) is 6.02. The fourth-order valence-electron chi connectivity index (χ4n) is 4.51. The maximum absolute atomic E-state index is 13.0. The quantitative estimate of drug-likeness (QED) is 0.573. The number of amides is 1. The Balaban J connectivity index is 2.17. The number of likely N-dealkylation sites (tertiary alicyclic amines) is 1. The fourth-order valence-corrected chi connectivity index (χ4v) is 4.51. The second-order valence-electron chi connectivity index (χ2n) is 7.82. The largest absolute Gasteiger partial charge is 0.493 e. The van der Waals surface area contributed by atoms with Gasteiger partial charge in [0.05, 0.1) is 54.7 Å². The molecule has 1 fully saturated rings. The average Bonchev–Trinajstić information content (AvgIpc) is 2.85. The van der Waals surface area contributed by atoms with Crippen LogP contribution in [0.25, 0.3) is 0 Å². The van der Waals surface area contributed by atoms with Crippen LogP contribution in [0.2, 0.25) is 0 Å². The minimum absolute atomic E-state index is 0.0232. The van der Waals surface area contributed by atoms with Gasteiger partial charge in [-0.1, -0.05) is 0 Å². The number of hydrogen-bond donors (Lipinski definition) is 0. The monoisotopic (exact) mass is 473 g/mol. The lowest BCUT2D eigenvalue weighted by Gasteiger charge is -2.42. The summed E-state index contributed by atoms with van der Waals surface area (Å²) >= 11 is 0. The fraction of sp³-hybridized carbons (Fsp3) is 0.440. The van der Waals surface area contributed by atoms with Gasteiger partial charge in [0.25, 0.3) is 0 Å². The average molecular weight is 474 g/mol. The van der Waals surface area contributed by atoms with Crippen molar-refractivity contribution in [2.45, 2.75) is 31.8 Å². The number of carbonyl (C=O) groups is 2. The van der Waals surface area contributed by atoms with Crippen LogP contribution in [-0.2, 0) is 9.59 Å². The third-order valence-electron chi connectivity index (χ3n) is 6.02. The Bertz CT molecular complexity index is 941. The highest BCUT2D eigenvalue weighted by molar-refractivity contribution is 5.85. The Morgan fingerprint density at radius 3 is 1.24 bits per heavy atom. The molecule has 0 bridgehead atoms. The molecule has 0 aromatic heterocycles. The number of ketones is 1. The van der Waals surface area contributed by atoms with Crippen molar-refractivity contribution in [2.24, 2.45) is 0 Å². The van der Waals surface area contributed by atoms with Crippen LogP contribution < -0.4 is 28.4 Å². The van der Waals surface area contributed by atoms with Crippen LogP contribution in [0, 0.1) is 0 Å². The first-order valence-electron chi connectivity index (χ1n) is 10.7. The van der Waals surface area contributed by atoms with Crippen LogP contribution in [0.3, 0.4) is 0 Å². The first-order valence-corrected chi connectivity index (χ1v) is 10.7. The molecule has 9 heteroatoms. The van der Waals surface area contributed by atoms with E-state index in [0.717, 1.165) is 0 Å². The highest BCUT2D eigenvalue weighted by atomic mass is 16.5. The number of methoxy groups -OCH3 is 6. The third-order valence-corrected chi connectivity index (χ3v) is 6.02. The number of hydrogen-bond acceptors (Lipinski definition) is 8. The number of ether oxygens (including phenoxy) is 6. The third kappa shape index (κ3) is 4.55. The molecule has 0 radical (unpaired) electrons. The summed E-state index contributed by atoms with van der Waals surface area (Å²) < 4.78 is 32.8. The summed E-state index contributed by atoms with van der Waals surface area (Å²) in [4.78, 5) is 27.6. The highest BCUT2D eigenvalue weighted by Crippen LogP contribution is 2.48. The number of piperidine rings is 1. The second-order valence-corrected chi connectivity index (χ2v) is 7.82. The van der Waals surface area contributed by atoms with Gasteiger partial charge in [-0.15, -0.1) is 0 Å². The van der Waals surface area contributed by atoms with E-state index in [1.54, 1.807) is 29.2 Å². The van der Waals surface area contributed by atoms with Gasteiger partial charge in [-0.25, -0.2) is 0 Å². The van der Waals surface area contributed by atoms with Crippen molar-refractivity contribution in [3.8, 4) is 34.5 Å². The molecule has 0 N–H and O–H groups in total. The Hall–Kier alpha value is -3.62. The lowest BCUT2D eigenvalue weighted by Crippen LogP contribution is -2.42. The Morgan fingerprint density at radius 1 is 0.676 bits per heavy atom. The molecule has 0 spiro atoms. The molecule has 1 saturated heterocycles. The smallest absolute Gasteiger partial charge is 0.220 e. The van der Waals surface area contributed by atoms with Crippen molar-refractivity contribution in [2.75, 3.05) is 42.7 Å². The minimum Gasteiger partial charge on any atom is -0.493 e. The Kier molecular flexibility index (Phi) is 7.75. The molecule has 1 aliphatic heterocycles. The van der Waals surface area contributed by atoms with Gasteiger partial charge in [-0.3, -0.25) is 9.59 Å². The molecular formula is C25H31NO8. The van der Waals surface area contributed by atoms with Gasteiger partial charge in [0, 0.05) is 19.8 Å². The molecule has 1 heterocycles. The lowest BCUT2D eigenvalue weighted by atomic mass is 9.86. The summed E-state index contributed by atoms with van der Waals surface area (Å²) in [5.41, 5.74) is 1.41. The van der Waals surface area contributed by atoms with Gasteiger partial charge in [-0.2, -0.15) is 0 Å². The lowest BCUT2D eigenvalue weighted by molar-refractivity contribution is -0.140. The molecule has 2 unspecified atom stereocenters. The summed E-state index contributed by atoms with van der Waals surface area (Å²) in [6.07, 6.45) is 0.332. The van der Waals surface area contributed by atoms with Crippen molar-refractivity contribution in [3.05, 3.63) is 35.4 Å². The van der Waals surface area contributed by atoms with E-state index in [9.17, 15) is 9.59 Å². The normalized spacial score (nSPS) is 17.7. The molecule has 2 atom stereocenters. The molecule has 1 amide bonds. The van der Waals surface area contributed by atoms with Crippen LogP contribution in [0.4, 0.5) is 0 Å². The van der Waals surface area contributed by atoms with E-state index in [1.807, 2.05) is 0 Å². The van der Waals surface area contributed by atoms with Crippen LogP contribution in [0.5, 0.6) is 34.5 Å². The SMILES string of the molecule is COc1cc(C2CC(=O)CC(c3cc(OC)c(OC)c(OC)c3)N2C(C)=O)cc(OC)c1OC. The number of carbonyl (C=O) groups excluding carboxylic acids is 2. The van der Waals surface area contributed by atoms with E-state index >= 15 is 0 Å². The second kappa shape index (κ2) is 10.5. The van der Waals surface area contributed by atoms with Gasteiger partial charge in [0.1, 0.15) is 5.78 Å². The first-order chi connectivity index (χ1) is 16.3. The molecule has 3 rings (SSSR count). The Morgan fingerprint density at radius 2 is 1.00 bits per heavy atom. The van der Waals surface area contributed by atoms with E-state index in [4.69, 9.17) is 28.4 Å². The molecule has 2 aromatic rings.